The predicted molar refractivity (Wildman–Crippen MR) is 91.6 cm³/mol. The highest BCUT2D eigenvalue weighted by Gasteiger charge is 2.33. The van der Waals surface area contributed by atoms with Gasteiger partial charge < -0.3 is 10.2 Å². The Bertz CT molecular complexity index is 746. The zero-order valence-electron chi connectivity index (χ0n) is 12.6. The summed E-state index contributed by atoms with van der Waals surface area (Å²) in [4.78, 5) is 31.2. The summed E-state index contributed by atoms with van der Waals surface area (Å²) in [5.74, 6) is -0.433. The number of pyridine rings is 1. The highest BCUT2D eigenvalue weighted by atomic mass is 35.5. The Kier molecular flexibility index (Phi) is 4.63. The Morgan fingerprint density at radius 1 is 1.48 bits per heavy atom. The Hall–Kier alpha value is -1.92. The van der Waals surface area contributed by atoms with E-state index >= 15 is 0 Å². The fraction of sp³-hybridized carbons (Fsp3) is 0.312. The number of amides is 2. The van der Waals surface area contributed by atoms with Crippen LogP contribution in [0.5, 0.6) is 0 Å². The summed E-state index contributed by atoms with van der Waals surface area (Å²) in [6, 6.07) is 7.26. The normalized spacial score (nSPS) is 17.6. The Labute approximate surface area is 143 Å². The van der Waals surface area contributed by atoms with Crippen LogP contribution in [-0.4, -0.2) is 34.8 Å². The van der Waals surface area contributed by atoms with E-state index in [1.807, 2.05) is 19.1 Å². The number of thiophene rings is 1. The first-order valence-electron chi connectivity index (χ1n) is 7.38. The van der Waals surface area contributed by atoms with E-state index in [-0.39, 0.29) is 24.2 Å². The summed E-state index contributed by atoms with van der Waals surface area (Å²) >= 11 is 7.39. The maximum atomic E-state index is 12.5. The number of hydrogen-bond acceptors (Lipinski definition) is 4. The lowest BCUT2D eigenvalue weighted by molar-refractivity contribution is -0.128. The molecule has 2 aromatic rings. The molecule has 1 unspecified atom stereocenters. The lowest BCUT2D eigenvalue weighted by Gasteiger charge is -2.14. The first-order valence-corrected chi connectivity index (χ1v) is 8.57. The van der Waals surface area contributed by atoms with E-state index in [0.717, 1.165) is 4.88 Å². The molecule has 7 heteroatoms. The van der Waals surface area contributed by atoms with Gasteiger partial charge in [0.05, 0.1) is 20.8 Å². The molecule has 0 saturated carbocycles. The minimum Gasteiger partial charge on any atom is -0.342 e. The van der Waals surface area contributed by atoms with Gasteiger partial charge in [-0.15, -0.1) is 11.3 Å². The number of aromatic nitrogens is 1. The number of nitrogens with zero attached hydrogens (tertiary/aromatic N) is 2. The third-order valence-electron chi connectivity index (χ3n) is 3.84. The second-order valence-corrected chi connectivity index (χ2v) is 7.04. The monoisotopic (exact) mass is 349 g/mol. The molecule has 1 saturated heterocycles. The van der Waals surface area contributed by atoms with E-state index < -0.39 is 0 Å². The van der Waals surface area contributed by atoms with Crippen LogP contribution in [0, 0.1) is 5.92 Å². The molecular formula is C16H16ClN3O2S. The smallest absolute Gasteiger partial charge is 0.229 e. The summed E-state index contributed by atoms with van der Waals surface area (Å²) in [7, 11) is 0. The van der Waals surface area contributed by atoms with E-state index in [1.165, 1.54) is 11.3 Å². The minimum atomic E-state index is -0.317. The quantitative estimate of drug-likeness (QED) is 0.921. The molecule has 1 atom stereocenters. The van der Waals surface area contributed by atoms with Crippen molar-refractivity contribution in [1.29, 1.82) is 0 Å². The van der Waals surface area contributed by atoms with E-state index in [4.69, 9.17) is 11.6 Å². The van der Waals surface area contributed by atoms with Crippen molar-refractivity contribution in [2.45, 2.75) is 13.3 Å². The fourth-order valence-corrected chi connectivity index (χ4v) is 3.69. The van der Waals surface area contributed by atoms with E-state index in [2.05, 4.69) is 10.3 Å². The van der Waals surface area contributed by atoms with Crippen LogP contribution in [0.25, 0.3) is 10.6 Å². The predicted octanol–water partition coefficient (Wildman–Crippen LogP) is 3.27. The maximum Gasteiger partial charge on any atom is 0.229 e. The Morgan fingerprint density at radius 3 is 2.96 bits per heavy atom. The second kappa shape index (κ2) is 6.68. The van der Waals surface area contributed by atoms with Gasteiger partial charge >= 0.3 is 0 Å². The third kappa shape index (κ3) is 3.38. The average molecular weight is 350 g/mol. The van der Waals surface area contributed by atoms with Crippen molar-refractivity contribution >= 4 is 40.4 Å². The number of nitrogens with one attached hydrogen (secondary N) is 1. The van der Waals surface area contributed by atoms with Crippen LogP contribution in [0.1, 0.15) is 13.3 Å². The van der Waals surface area contributed by atoms with Crippen molar-refractivity contribution in [3.8, 4) is 10.6 Å². The van der Waals surface area contributed by atoms with Gasteiger partial charge in [0.25, 0.3) is 0 Å². The van der Waals surface area contributed by atoms with Gasteiger partial charge in [0.1, 0.15) is 5.69 Å². The van der Waals surface area contributed by atoms with Crippen LogP contribution in [0.3, 0.4) is 0 Å². The SMILES string of the molecule is CCN1CC(C(=O)Nc2cccnc2-c2ccc(Cl)s2)CC1=O. The molecule has 2 aromatic heterocycles. The molecule has 23 heavy (non-hydrogen) atoms. The average Bonchev–Trinajstić information content (AvgIpc) is 3.13. The topological polar surface area (TPSA) is 62.3 Å². The molecule has 0 aliphatic carbocycles. The first kappa shape index (κ1) is 16.0. The largest absolute Gasteiger partial charge is 0.342 e. The van der Waals surface area contributed by atoms with Crippen LogP contribution < -0.4 is 5.32 Å². The summed E-state index contributed by atoms with van der Waals surface area (Å²) in [5, 5.41) is 2.91. The molecule has 0 aromatic carbocycles. The van der Waals surface area contributed by atoms with E-state index in [0.29, 0.717) is 28.8 Å². The number of anilines is 1. The number of hydrogen-bond donors (Lipinski definition) is 1. The van der Waals surface area contributed by atoms with Gasteiger partial charge in [0.2, 0.25) is 11.8 Å². The number of carbonyl (C=O) groups is 2. The van der Waals surface area contributed by atoms with Gasteiger partial charge in [-0.2, -0.15) is 0 Å². The van der Waals surface area contributed by atoms with Crippen LogP contribution in [0.15, 0.2) is 30.5 Å². The second-order valence-electron chi connectivity index (χ2n) is 5.33. The maximum absolute atomic E-state index is 12.5. The molecule has 2 amide bonds. The number of likely N-dealkylation sites (tertiary alicyclic amines) is 1. The van der Waals surface area contributed by atoms with Crippen molar-refractivity contribution in [2.75, 3.05) is 18.4 Å². The van der Waals surface area contributed by atoms with Crippen molar-refractivity contribution in [2.24, 2.45) is 5.92 Å². The Balaban J connectivity index is 1.78. The van der Waals surface area contributed by atoms with Crippen molar-refractivity contribution < 1.29 is 9.59 Å². The third-order valence-corrected chi connectivity index (χ3v) is 5.08. The van der Waals surface area contributed by atoms with Crippen molar-refractivity contribution in [3.63, 3.8) is 0 Å². The lowest BCUT2D eigenvalue weighted by Crippen LogP contribution is -2.28. The molecule has 3 heterocycles. The summed E-state index contributed by atoms with van der Waals surface area (Å²) < 4.78 is 0.669. The molecule has 1 fully saturated rings. The van der Waals surface area contributed by atoms with E-state index in [9.17, 15) is 9.59 Å². The van der Waals surface area contributed by atoms with Crippen molar-refractivity contribution in [1.82, 2.24) is 9.88 Å². The zero-order valence-corrected chi connectivity index (χ0v) is 14.2. The molecule has 1 N–H and O–H groups in total. The molecule has 1 aliphatic heterocycles. The van der Waals surface area contributed by atoms with Crippen molar-refractivity contribution in [3.05, 3.63) is 34.8 Å². The van der Waals surface area contributed by atoms with Gasteiger partial charge in [0, 0.05) is 25.7 Å². The highest BCUT2D eigenvalue weighted by molar-refractivity contribution is 7.19. The fourth-order valence-electron chi connectivity index (χ4n) is 2.63. The first-order chi connectivity index (χ1) is 11.1. The van der Waals surface area contributed by atoms with E-state index in [1.54, 1.807) is 23.2 Å². The molecule has 0 radical (unpaired) electrons. The van der Waals surface area contributed by atoms with Crippen LogP contribution >= 0.6 is 22.9 Å². The van der Waals surface area contributed by atoms with Gasteiger partial charge in [-0.25, -0.2) is 0 Å². The summed E-state index contributed by atoms with van der Waals surface area (Å²) in [6.07, 6.45) is 1.94. The van der Waals surface area contributed by atoms with Gasteiger partial charge in [-0.3, -0.25) is 14.6 Å². The molecule has 120 valence electrons. The minimum absolute atomic E-state index is 0.0316. The number of carbonyl (C=O) groups excluding carboxylic acids is 2. The van der Waals surface area contributed by atoms with Gasteiger partial charge in [-0.05, 0) is 31.2 Å². The summed E-state index contributed by atoms with van der Waals surface area (Å²) in [6.45, 7) is 3.02. The van der Waals surface area contributed by atoms with Gasteiger partial charge in [-0.1, -0.05) is 11.6 Å². The van der Waals surface area contributed by atoms with Crippen LogP contribution in [0.4, 0.5) is 5.69 Å². The van der Waals surface area contributed by atoms with Crippen LogP contribution in [0.2, 0.25) is 4.34 Å². The molecule has 3 rings (SSSR count). The molecule has 0 spiro atoms. The Morgan fingerprint density at radius 2 is 2.30 bits per heavy atom. The van der Waals surface area contributed by atoms with Crippen LogP contribution in [-0.2, 0) is 9.59 Å². The molecule has 0 bridgehead atoms. The lowest BCUT2D eigenvalue weighted by atomic mass is 10.1. The summed E-state index contributed by atoms with van der Waals surface area (Å²) in [5.41, 5.74) is 1.33. The molecular weight excluding hydrogens is 334 g/mol. The number of halogens is 1. The highest BCUT2D eigenvalue weighted by Crippen LogP contribution is 2.34. The number of rotatable bonds is 4. The standard InChI is InChI=1S/C16H16ClN3O2S/c1-2-20-9-10(8-14(20)21)16(22)19-11-4-3-7-18-15(11)12-5-6-13(17)23-12/h3-7,10H,2,8-9H2,1H3,(H,19,22). The zero-order chi connectivity index (χ0) is 16.4. The molecule has 5 nitrogen and oxygen atoms in total. The molecule has 1 aliphatic rings. The van der Waals surface area contributed by atoms with Gasteiger partial charge in [0.15, 0.2) is 0 Å².